The minimum absolute atomic E-state index is 0.0449. The Balaban J connectivity index is 2.15. The van der Waals surface area contributed by atoms with E-state index in [2.05, 4.69) is 0 Å². The number of morpholine rings is 1. The fourth-order valence-corrected chi connectivity index (χ4v) is 2.20. The summed E-state index contributed by atoms with van der Waals surface area (Å²) < 4.78 is 5.62. The third-order valence-corrected chi connectivity index (χ3v) is 2.99. The Hall–Kier alpha value is -1.39. The molecular weight excluding hydrogens is 218 g/mol. The van der Waals surface area contributed by atoms with E-state index in [0.29, 0.717) is 13.2 Å². The zero-order valence-corrected chi connectivity index (χ0v) is 9.87. The van der Waals surface area contributed by atoms with Crippen molar-refractivity contribution < 1.29 is 14.6 Å². The van der Waals surface area contributed by atoms with Crippen molar-refractivity contribution in [2.24, 2.45) is 0 Å². The number of ether oxygens (including phenoxy) is 1. The van der Waals surface area contributed by atoms with Crippen LogP contribution in [0.1, 0.15) is 18.5 Å². The number of carboxylic acid groups (broad SMARTS) is 1. The van der Waals surface area contributed by atoms with E-state index in [1.165, 1.54) is 0 Å². The molecule has 0 saturated carbocycles. The van der Waals surface area contributed by atoms with Gasteiger partial charge in [0.25, 0.3) is 0 Å². The highest BCUT2D eigenvalue weighted by Crippen LogP contribution is 2.25. The summed E-state index contributed by atoms with van der Waals surface area (Å²) in [5, 5.41) is 8.93. The zero-order valence-electron chi connectivity index (χ0n) is 9.87. The molecule has 0 unspecified atom stereocenters. The van der Waals surface area contributed by atoms with Crippen LogP contribution in [0.2, 0.25) is 0 Å². The van der Waals surface area contributed by atoms with Crippen LogP contribution in [0.4, 0.5) is 0 Å². The highest BCUT2D eigenvalue weighted by Gasteiger charge is 2.29. The second-order valence-electron chi connectivity index (χ2n) is 4.39. The monoisotopic (exact) mass is 235 g/mol. The molecule has 1 N–H and O–H groups in total. The van der Waals surface area contributed by atoms with Gasteiger partial charge in [-0.05, 0) is 12.5 Å². The zero-order chi connectivity index (χ0) is 12.3. The van der Waals surface area contributed by atoms with Crippen LogP contribution in [0.15, 0.2) is 30.3 Å². The number of hydrogen-bond acceptors (Lipinski definition) is 3. The Morgan fingerprint density at radius 2 is 2.18 bits per heavy atom. The van der Waals surface area contributed by atoms with E-state index < -0.39 is 5.97 Å². The SMILES string of the molecule is C[C@@H]1CN(CC(=O)O)[C@@H](c2ccccc2)CO1. The van der Waals surface area contributed by atoms with Gasteiger partial charge in [0.15, 0.2) is 0 Å². The van der Waals surface area contributed by atoms with E-state index in [9.17, 15) is 4.79 Å². The number of carboxylic acids is 1. The molecule has 1 fully saturated rings. The molecule has 2 atom stereocenters. The van der Waals surface area contributed by atoms with Gasteiger partial charge < -0.3 is 9.84 Å². The standard InChI is InChI=1S/C13H17NO3/c1-10-7-14(8-13(15)16)12(9-17-10)11-5-3-2-4-6-11/h2-6,10,12H,7-9H2,1H3,(H,15,16)/t10-,12-/m1/s1. The molecular formula is C13H17NO3. The largest absolute Gasteiger partial charge is 0.480 e. The number of aliphatic carboxylic acids is 1. The van der Waals surface area contributed by atoms with E-state index in [1.807, 2.05) is 42.2 Å². The molecule has 1 aromatic rings. The van der Waals surface area contributed by atoms with Gasteiger partial charge in [-0.15, -0.1) is 0 Å². The maximum atomic E-state index is 10.9. The van der Waals surface area contributed by atoms with Crippen LogP contribution in [0.5, 0.6) is 0 Å². The first-order valence-electron chi connectivity index (χ1n) is 5.79. The van der Waals surface area contributed by atoms with Crippen LogP contribution in [-0.4, -0.2) is 41.8 Å². The van der Waals surface area contributed by atoms with E-state index in [-0.39, 0.29) is 18.7 Å². The molecule has 2 rings (SSSR count). The predicted molar refractivity (Wildman–Crippen MR) is 63.8 cm³/mol. The van der Waals surface area contributed by atoms with E-state index in [4.69, 9.17) is 9.84 Å². The van der Waals surface area contributed by atoms with Crippen LogP contribution in [0.25, 0.3) is 0 Å². The van der Waals surface area contributed by atoms with Gasteiger partial charge in [-0.25, -0.2) is 0 Å². The molecule has 4 heteroatoms. The lowest BCUT2D eigenvalue weighted by atomic mass is 10.0. The minimum Gasteiger partial charge on any atom is -0.480 e. The van der Waals surface area contributed by atoms with Crippen molar-refractivity contribution >= 4 is 5.97 Å². The van der Waals surface area contributed by atoms with Crippen LogP contribution in [0.3, 0.4) is 0 Å². The molecule has 92 valence electrons. The smallest absolute Gasteiger partial charge is 0.317 e. The second kappa shape index (κ2) is 5.29. The summed E-state index contributed by atoms with van der Waals surface area (Å²) in [5.74, 6) is -0.792. The average Bonchev–Trinajstić information content (AvgIpc) is 2.29. The number of carbonyl (C=O) groups is 1. The minimum atomic E-state index is -0.792. The van der Waals surface area contributed by atoms with Crippen molar-refractivity contribution in [1.29, 1.82) is 0 Å². The Morgan fingerprint density at radius 1 is 1.47 bits per heavy atom. The highest BCUT2D eigenvalue weighted by atomic mass is 16.5. The molecule has 0 bridgehead atoms. The molecule has 0 aromatic heterocycles. The summed E-state index contributed by atoms with van der Waals surface area (Å²) in [6.07, 6.45) is 0.0920. The maximum Gasteiger partial charge on any atom is 0.317 e. The van der Waals surface area contributed by atoms with Crippen LogP contribution in [-0.2, 0) is 9.53 Å². The molecule has 1 aliphatic rings. The van der Waals surface area contributed by atoms with Gasteiger partial charge in [0.05, 0.1) is 25.3 Å². The molecule has 1 aliphatic heterocycles. The van der Waals surface area contributed by atoms with Crippen molar-refractivity contribution in [3.05, 3.63) is 35.9 Å². The summed E-state index contributed by atoms with van der Waals surface area (Å²) in [7, 11) is 0. The van der Waals surface area contributed by atoms with Crippen molar-refractivity contribution in [2.45, 2.75) is 19.1 Å². The molecule has 1 heterocycles. The van der Waals surface area contributed by atoms with E-state index in [1.54, 1.807) is 0 Å². The van der Waals surface area contributed by atoms with Gasteiger partial charge >= 0.3 is 5.97 Å². The Bertz CT molecular complexity index is 380. The fraction of sp³-hybridized carbons (Fsp3) is 0.462. The Morgan fingerprint density at radius 3 is 2.82 bits per heavy atom. The van der Waals surface area contributed by atoms with Gasteiger partial charge in [0.2, 0.25) is 0 Å². The Labute approximate surface area is 101 Å². The first-order valence-corrected chi connectivity index (χ1v) is 5.79. The first kappa shape index (κ1) is 12.1. The van der Waals surface area contributed by atoms with Crippen LogP contribution < -0.4 is 0 Å². The van der Waals surface area contributed by atoms with Crippen molar-refractivity contribution in [2.75, 3.05) is 19.7 Å². The lowest BCUT2D eigenvalue weighted by Crippen LogP contribution is -2.45. The number of hydrogen-bond donors (Lipinski definition) is 1. The second-order valence-corrected chi connectivity index (χ2v) is 4.39. The summed E-state index contributed by atoms with van der Waals surface area (Å²) in [6.45, 7) is 3.24. The maximum absolute atomic E-state index is 10.9. The highest BCUT2D eigenvalue weighted by molar-refractivity contribution is 5.69. The lowest BCUT2D eigenvalue weighted by Gasteiger charge is -2.37. The molecule has 1 aromatic carbocycles. The number of nitrogens with zero attached hydrogens (tertiary/aromatic N) is 1. The van der Waals surface area contributed by atoms with Crippen molar-refractivity contribution in [1.82, 2.24) is 4.90 Å². The quantitative estimate of drug-likeness (QED) is 0.863. The summed E-state index contributed by atoms with van der Waals surface area (Å²) in [5.41, 5.74) is 1.11. The summed E-state index contributed by atoms with van der Waals surface area (Å²) in [6, 6.07) is 9.96. The van der Waals surface area contributed by atoms with E-state index in [0.717, 1.165) is 5.56 Å². The topological polar surface area (TPSA) is 49.8 Å². The normalized spacial score (nSPS) is 25.7. The Kier molecular flexibility index (Phi) is 3.76. The van der Waals surface area contributed by atoms with Gasteiger partial charge in [-0.1, -0.05) is 30.3 Å². The molecule has 0 amide bonds. The van der Waals surface area contributed by atoms with E-state index >= 15 is 0 Å². The van der Waals surface area contributed by atoms with Crippen molar-refractivity contribution in [3.8, 4) is 0 Å². The third-order valence-electron chi connectivity index (χ3n) is 2.99. The fourth-order valence-electron chi connectivity index (χ4n) is 2.20. The number of benzene rings is 1. The molecule has 1 saturated heterocycles. The third kappa shape index (κ3) is 3.05. The van der Waals surface area contributed by atoms with Gasteiger partial charge in [0, 0.05) is 6.54 Å². The summed E-state index contributed by atoms with van der Waals surface area (Å²) in [4.78, 5) is 12.8. The molecule has 0 aliphatic carbocycles. The van der Waals surface area contributed by atoms with Crippen LogP contribution in [0, 0.1) is 0 Å². The average molecular weight is 235 g/mol. The molecule has 0 spiro atoms. The lowest BCUT2D eigenvalue weighted by molar-refractivity contribution is -0.142. The molecule has 17 heavy (non-hydrogen) atoms. The molecule has 4 nitrogen and oxygen atoms in total. The predicted octanol–water partition coefficient (Wildman–Crippen LogP) is 1.53. The van der Waals surface area contributed by atoms with Gasteiger partial charge in [-0.3, -0.25) is 9.69 Å². The first-order chi connectivity index (χ1) is 8.16. The van der Waals surface area contributed by atoms with Crippen LogP contribution >= 0.6 is 0 Å². The summed E-state index contributed by atoms with van der Waals surface area (Å²) >= 11 is 0. The van der Waals surface area contributed by atoms with Gasteiger partial charge in [-0.2, -0.15) is 0 Å². The van der Waals surface area contributed by atoms with Crippen molar-refractivity contribution in [3.63, 3.8) is 0 Å². The number of rotatable bonds is 3. The molecule has 0 radical (unpaired) electrons. The van der Waals surface area contributed by atoms with Gasteiger partial charge in [0.1, 0.15) is 0 Å².